The maximum atomic E-state index is 12.8. The van der Waals surface area contributed by atoms with Crippen LogP contribution in [0, 0.1) is 0 Å². The third-order valence-corrected chi connectivity index (χ3v) is 3.43. The molecule has 7 heteroatoms. The maximum Gasteiger partial charge on any atom is 0.416 e. The Kier molecular flexibility index (Phi) is 3.84. The fourth-order valence-electron chi connectivity index (χ4n) is 2.28. The Hall–Kier alpha value is -3.09. The number of nitrogens with zero attached hydrogens (tertiary/aromatic N) is 1. The molecule has 2 aromatic rings. The van der Waals surface area contributed by atoms with Crippen molar-refractivity contribution in [2.75, 3.05) is 5.01 Å². The summed E-state index contributed by atoms with van der Waals surface area (Å²) in [6.45, 7) is 0. The van der Waals surface area contributed by atoms with Gasteiger partial charge in [-0.2, -0.15) is 13.2 Å². The molecule has 0 bridgehead atoms. The molecule has 2 aromatic carbocycles. The number of hydrogen-bond donors (Lipinski definition) is 1. The van der Waals surface area contributed by atoms with E-state index in [0.717, 1.165) is 17.1 Å². The highest BCUT2D eigenvalue weighted by Crippen LogP contribution is 2.32. The van der Waals surface area contributed by atoms with Crippen LogP contribution in [-0.4, -0.2) is 11.8 Å². The summed E-state index contributed by atoms with van der Waals surface area (Å²) in [5.41, 5.74) is 1.82. The van der Waals surface area contributed by atoms with Gasteiger partial charge >= 0.3 is 6.18 Å². The molecule has 122 valence electrons. The quantitative estimate of drug-likeness (QED) is 0.678. The van der Waals surface area contributed by atoms with E-state index >= 15 is 0 Å². The Balaban J connectivity index is 1.94. The summed E-state index contributed by atoms with van der Waals surface area (Å²) in [6, 6.07) is 12.9. The Labute approximate surface area is 135 Å². The van der Waals surface area contributed by atoms with Crippen LogP contribution in [-0.2, 0) is 15.8 Å². The van der Waals surface area contributed by atoms with Crippen molar-refractivity contribution < 1.29 is 22.8 Å². The van der Waals surface area contributed by atoms with Crippen molar-refractivity contribution in [1.29, 1.82) is 0 Å². The first-order valence-corrected chi connectivity index (χ1v) is 6.96. The van der Waals surface area contributed by atoms with Gasteiger partial charge < -0.3 is 0 Å². The van der Waals surface area contributed by atoms with Crippen molar-refractivity contribution in [3.63, 3.8) is 0 Å². The highest BCUT2D eigenvalue weighted by Gasteiger charge is 2.36. The van der Waals surface area contributed by atoms with E-state index in [1.165, 1.54) is 18.2 Å². The molecule has 1 heterocycles. The number of carbonyl (C=O) groups is 2. The van der Waals surface area contributed by atoms with E-state index < -0.39 is 23.6 Å². The van der Waals surface area contributed by atoms with Crippen LogP contribution in [0.5, 0.6) is 0 Å². The molecule has 0 spiro atoms. The molecule has 24 heavy (non-hydrogen) atoms. The minimum absolute atomic E-state index is 0.0559. The van der Waals surface area contributed by atoms with Crippen molar-refractivity contribution in [2.45, 2.75) is 6.18 Å². The molecule has 1 fully saturated rings. The van der Waals surface area contributed by atoms with Gasteiger partial charge in [0.05, 0.1) is 11.3 Å². The van der Waals surface area contributed by atoms with E-state index in [-0.39, 0.29) is 11.3 Å². The van der Waals surface area contributed by atoms with Crippen LogP contribution in [0.3, 0.4) is 0 Å². The van der Waals surface area contributed by atoms with Crippen LogP contribution >= 0.6 is 0 Å². The van der Waals surface area contributed by atoms with Crippen LogP contribution in [0.1, 0.15) is 11.1 Å². The zero-order chi connectivity index (χ0) is 17.3. The van der Waals surface area contributed by atoms with E-state index in [0.29, 0.717) is 5.56 Å². The Morgan fingerprint density at radius 2 is 1.67 bits per heavy atom. The molecule has 4 nitrogen and oxygen atoms in total. The summed E-state index contributed by atoms with van der Waals surface area (Å²) in [5, 5.41) is 0.812. The number of nitrogens with one attached hydrogen (secondary N) is 1. The third kappa shape index (κ3) is 3.01. The van der Waals surface area contributed by atoms with Crippen molar-refractivity contribution >= 4 is 23.6 Å². The topological polar surface area (TPSA) is 49.4 Å². The molecule has 2 amide bonds. The Morgan fingerprint density at radius 1 is 0.958 bits per heavy atom. The lowest BCUT2D eigenvalue weighted by Crippen LogP contribution is -2.35. The number of hydrazine groups is 1. The molecule has 0 radical (unpaired) electrons. The van der Waals surface area contributed by atoms with Crippen molar-refractivity contribution in [3.8, 4) is 0 Å². The first-order chi connectivity index (χ1) is 11.4. The molecular weight excluding hydrogens is 321 g/mol. The van der Waals surface area contributed by atoms with Gasteiger partial charge in [0.25, 0.3) is 11.8 Å². The average Bonchev–Trinajstić information content (AvgIpc) is 2.83. The van der Waals surface area contributed by atoms with Crippen LogP contribution in [0.25, 0.3) is 6.08 Å². The van der Waals surface area contributed by atoms with Crippen molar-refractivity contribution in [1.82, 2.24) is 5.43 Å². The number of benzene rings is 2. The number of alkyl halides is 3. The Bertz CT molecular complexity index is 829. The zero-order valence-corrected chi connectivity index (χ0v) is 12.2. The largest absolute Gasteiger partial charge is 0.416 e. The minimum atomic E-state index is -4.54. The van der Waals surface area contributed by atoms with Crippen LogP contribution < -0.4 is 10.4 Å². The first-order valence-electron chi connectivity index (χ1n) is 6.96. The third-order valence-electron chi connectivity index (χ3n) is 3.43. The fraction of sp³-hybridized carbons (Fsp3) is 0.0588. The summed E-state index contributed by atoms with van der Waals surface area (Å²) in [4.78, 5) is 24.4. The van der Waals surface area contributed by atoms with Gasteiger partial charge in [-0.3, -0.25) is 15.0 Å². The standard InChI is InChI=1S/C17H11F3N2O2/c18-17(19,20)12-7-4-8-13(10-12)22-16(24)14(15(23)21-22)9-11-5-2-1-3-6-11/h1-10H,(H,21,23). The molecule has 0 unspecified atom stereocenters. The lowest BCUT2D eigenvalue weighted by atomic mass is 10.1. The highest BCUT2D eigenvalue weighted by molar-refractivity contribution is 6.31. The molecule has 1 aliphatic heterocycles. The number of rotatable bonds is 2. The second-order valence-electron chi connectivity index (χ2n) is 5.10. The van der Waals surface area contributed by atoms with Gasteiger partial charge in [-0.15, -0.1) is 0 Å². The SMILES string of the molecule is O=C1NN(c2cccc(C(F)(F)F)c2)C(=O)C1=Cc1ccccc1. The molecule has 0 aliphatic carbocycles. The maximum absolute atomic E-state index is 12.8. The monoisotopic (exact) mass is 332 g/mol. The number of halogens is 3. The van der Waals surface area contributed by atoms with E-state index in [1.54, 1.807) is 30.3 Å². The lowest BCUT2D eigenvalue weighted by Gasteiger charge is -2.16. The second kappa shape index (κ2) is 5.84. The number of amides is 2. The molecule has 1 N–H and O–H groups in total. The van der Waals surface area contributed by atoms with Gasteiger partial charge in [0, 0.05) is 0 Å². The molecule has 1 aliphatic rings. The van der Waals surface area contributed by atoms with Gasteiger partial charge in [0.2, 0.25) is 0 Å². The van der Waals surface area contributed by atoms with Gasteiger partial charge in [0.1, 0.15) is 5.57 Å². The van der Waals surface area contributed by atoms with E-state index in [9.17, 15) is 22.8 Å². The van der Waals surface area contributed by atoms with E-state index in [2.05, 4.69) is 5.43 Å². The van der Waals surface area contributed by atoms with Crippen molar-refractivity contribution in [3.05, 3.63) is 71.3 Å². The minimum Gasteiger partial charge on any atom is -0.267 e. The van der Waals surface area contributed by atoms with Crippen LogP contribution in [0.15, 0.2) is 60.2 Å². The summed E-state index contributed by atoms with van der Waals surface area (Å²) >= 11 is 0. The second-order valence-corrected chi connectivity index (χ2v) is 5.10. The summed E-state index contributed by atoms with van der Waals surface area (Å²) in [5.74, 6) is -1.37. The molecule has 0 aromatic heterocycles. The normalized spacial score (nSPS) is 16.6. The predicted octanol–water partition coefficient (Wildman–Crippen LogP) is 3.17. The van der Waals surface area contributed by atoms with E-state index in [4.69, 9.17) is 0 Å². The average molecular weight is 332 g/mol. The van der Waals surface area contributed by atoms with Gasteiger partial charge in [-0.05, 0) is 29.8 Å². The summed E-state index contributed by atoms with van der Waals surface area (Å²) in [6.07, 6.45) is -3.14. The molecular formula is C17H11F3N2O2. The van der Waals surface area contributed by atoms with E-state index in [1.807, 2.05) is 0 Å². The molecule has 1 saturated heterocycles. The summed E-state index contributed by atoms with van der Waals surface area (Å²) < 4.78 is 38.4. The number of hydrogen-bond acceptors (Lipinski definition) is 2. The van der Waals surface area contributed by atoms with Crippen molar-refractivity contribution in [2.24, 2.45) is 0 Å². The van der Waals surface area contributed by atoms with Gasteiger partial charge in [-0.1, -0.05) is 36.4 Å². The molecule has 0 atom stereocenters. The first kappa shape index (κ1) is 15.8. The zero-order valence-electron chi connectivity index (χ0n) is 12.2. The molecule has 0 saturated carbocycles. The van der Waals surface area contributed by atoms with Crippen LogP contribution in [0.2, 0.25) is 0 Å². The highest BCUT2D eigenvalue weighted by atomic mass is 19.4. The van der Waals surface area contributed by atoms with Gasteiger partial charge in [-0.25, -0.2) is 5.01 Å². The lowest BCUT2D eigenvalue weighted by molar-refractivity contribution is -0.137. The molecule has 3 rings (SSSR count). The fourth-order valence-corrected chi connectivity index (χ4v) is 2.28. The predicted molar refractivity (Wildman–Crippen MR) is 81.5 cm³/mol. The van der Waals surface area contributed by atoms with Gasteiger partial charge in [0.15, 0.2) is 0 Å². The van der Waals surface area contributed by atoms with Crippen LogP contribution in [0.4, 0.5) is 18.9 Å². The number of carbonyl (C=O) groups excluding carboxylic acids is 2. The smallest absolute Gasteiger partial charge is 0.267 e. The Morgan fingerprint density at radius 3 is 2.33 bits per heavy atom. The summed E-state index contributed by atoms with van der Waals surface area (Å²) in [7, 11) is 0. The number of anilines is 1.